The van der Waals surface area contributed by atoms with Crippen molar-refractivity contribution >= 4 is 34.7 Å². The first-order valence-corrected chi connectivity index (χ1v) is 22.7. The Morgan fingerprint density at radius 1 is 0.662 bits per heavy atom. The van der Waals surface area contributed by atoms with Crippen LogP contribution in [-0.2, 0) is 31.4 Å². The number of nitrogens with zero attached hydrogens (tertiary/aromatic N) is 3. The van der Waals surface area contributed by atoms with Gasteiger partial charge < -0.3 is 35.2 Å². The number of amides is 5. The fourth-order valence-corrected chi connectivity index (χ4v) is 11.4. The van der Waals surface area contributed by atoms with Gasteiger partial charge in [0.25, 0.3) is 11.8 Å². The summed E-state index contributed by atoms with van der Waals surface area (Å²) in [5, 5.41) is 8.96. The van der Waals surface area contributed by atoms with Crippen molar-refractivity contribution in [3.63, 3.8) is 0 Å². The van der Waals surface area contributed by atoms with Crippen LogP contribution in [0.5, 0.6) is 5.75 Å². The molecule has 4 bridgehead atoms. The van der Waals surface area contributed by atoms with E-state index >= 15 is 0 Å². The third-order valence-corrected chi connectivity index (χ3v) is 14.6. The summed E-state index contributed by atoms with van der Waals surface area (Å²) in [4.78, 5) is 57.6. The topological polar surface area (TPSA) is 151 Å². The summed E-state index contributed by atoms with van der Waals surface area (Å²) in [5.41, 5.74) is -2.93. The zero-order valence-corrected chi connectivity index (χ0v) is 37.3. The number of alkyl halides is 12. The zero-order valence-electron chi connectivity index (χ0n) is 37.3. The Balaban J connectivity index is 0.000000176. The maximum Gasteiger partial charge on any atom is 0.522 e. The van der Waals surface area contributed by atoms with Gasteiger partial charge in [0.2, 0.25) is 5.91 Å². The second-order valence-electron chi connectivity index (χ2n) is 20.1. The molecule has 12 rings (SSSR count). The van der Waals surface area contributed by atoms with Crippen LogP contribution in [0.25, 0.3) is 10.9 Å². The highest BCUT2D eigenvalue weighted by molar-refractivity contribution is 5.96. The molecule has 0 atom stereocenters. The molecular weight excluding hydrogens is 977 g/mol. The average Bonchev–Trinajstić information content (AvgIpc) is 3.56. The predicted molar refractivity (Wildman–Crippen MR) is 222 cm³/mol. The van der Waals surface area contributed by atoms with Crippen LogP contribution in [0.4, 0.5) is 57.5 Å². The Bertz CT molecular complexity index is 2520. The Kier molecular flexibility index (Phi) is 12.5. The molecule has 386 valence electrons. The Morgan fingerprint density at radius 2 is 1.24 bits per heavy atom. The molecule has 3 aromatic rings. The minimum atomic E-state index is -4.68. The van der Waals surface area contributed by atoms with E-state index in [0.29, 0.717) is 64.5 Å². The van der Waals surface area contributed by atoms with Crippen LogP contribution in [-0.4, -0.2) is 118 Å². The van der Waals surface area contributed by atoms with E-state index in [9.17, 15) is 71.9 Å². The first-order chi connectivity index (χ1) is 33.0. The molecule has 13 nitrogen and oxygen atoms in total. The number of urea groups is 1. The van der Waals surface area contributed by atoms with E-state index in [0.717, 1.165) is 36.4 Å². The molecule has 25 heteroatoms. The van der Waals surface area contributed by atoms with Crippen molar-refractivity contribution in [2.75, 3.05) is 26.3 Å². The predicted octanol–water partition coefficient (Wildman–Crippen LogP) is 8.20. The molecular formula is C46H46F12N6O7. The number of ether oxygens (including phenoxy) is 3. The van der Waals surface area contributed by atoms with E-state index in [1.807, 2.05) is 0 Å². The summed E-state index contributed by atoms with van der Waals surface area (Å²) in [6.45, 7) is 0.368. The number of nitrogens with one attached hydrogen (secondary N) is 3. The molecule has 0 unspecified atom stereocenters. The van der Waals surface area contributed by atoms with Crippen LogP contribution in [0, 0.1) is 5.92 Å². The second kappa shape index (κ2) is 17.6. The molecule has 5 amide bonds. The van der Waals surface area contributed by atoms with Crippen LogP contribution in [0.2, 0.25) is 0 Å². The molecule has 0 radical (unpaired) electrons. The fourth-order valence-electron chi connectivity index (χ4n) is 11.4. The van der Waals surface area contributed by atoms with Crippen molar-refractivity contribution in [2.24, 2.45) is 5.92 Å². The van der Waals surface area contributed by atoms with Crippen molar-refractivity contribution in [2.45, 2.75) is 136 Å². The van der Waals surface area contributed by atoms with Crippen LogP contribution in [0.3, 0.4) is 0 Å². The Morgan fingerprint density at radius 3 is 1.83 bits per heavy atom. The minimum Gasteiger partial charge on any atom is -0.484 e. The van der Waals surface area contributed by atoms with Crippen LogP contribution >= 0.6 is 0 Å². The van der Waals surface area contributed by atoms with Crippen molar-refractivity contribution < 1.29 is 86.1 Å². The van der Waals surface area contributed by atoms with E-state index < -0.39 is 82.9 Å². The summed E-state index contributed by atoms with van der Waals surface area (Å²) in [6.07, 6.45) is -15.7. The van der Waals surface area contributed by atoms with Gasteiger partial charge >= 0.3 is 30.9 Å². The number of halogens is 12. The third kappa shape index (κ3) is 10.8. The molecule has 1 aromatic heterocycles. The molecule has 2 aromatic carbocycles. The Labute approximate surface area is 396 Å². The standard InChI is InChI=1S/C24H23F6N3O3.C22H23F6N3O4/c25-23(26,27)8-13-5-16(6-13)36-9-19(34)32-21-10-22(11-21,12-21)33-20(35)18-3-1-14-7-15(24(28,29)30)2-4-17(14)31-18;23-21(24,25)13-1-3-15(4-2-13)34-9-17(32)29-19-10-20(11-19,12-19)31-6-5-30(18(31)33)14-7-16(8-14)35-22(26,27)28/h1-4,7,13,16H,5-6,8-12H2,(H,32,34)(H,33,35);1-4,14,16H,5-12H2,(H,29,32). The largest absolute Gasteiger partial charge is 0.522 e. The van der Waals surface area contributed by atoms with Gasteiger partial charge in [0, 0.05) is 47.6 Å². The molecule has 1 saturated heterocycles. The first kappa shape index (κ1) is 50.4. The Hall–Kier alpha value is -5.59. The van der Waals surface area contributed by atoms with E-state index in [2.05, 4.69) is 25.7 Å². The van der Waals surface area contributed by atoms with Gasteiger partial charge in [0.1, 0.15) is 18.1 Å². The summed E-state index contributed by atoms with van der Waals surface area (Å²) in [5.74, 6) is -1.50. The summed E-state index contributed by atoms with van der Waals surface area (Å²) < 4.78 is 165. The van der Waals surface area contributed by atoms with Crippen molar-refractivity contribution in [1.82, 2.24) is 30.7 Å². The van der Waals surface area contributed by atoms with Crippen LogP contribution in [0.15, 0.2) is 54.6 Å². The number of hydrogen-bond acceptors (Lipinski definition) is 8. The molecule has 9 aliphatic rings. The lowest BCUT2D eigenvalue weighted by molar-refractivity contribution is -0.353. The average molecular weight is 1020 g/mol. The lowest BCUT2D eigenvalue weighted by atomic mass is 9.43. The zero-order chi connectivity index (χ0) is 51.2. The number of carbonyl (C=O) groups excluding carboxylic acids is 4. The van der Waals surface area contributed by atoms with Gasteiger partial charge in [-0.1, -0.05) is 6.07 Å². The smallest absolute Gasteiger partial charge is 0.484 e. The quantitative estimate of drug-likeness (QED) is 0.137. The van der Waals surface area contributed by atoms with Gasteiger partial charge in [-0.05, 0) is 119 Å². The van der Waals surface area contributed by atoms with Gasteiger partial charge in [-0.15, -0.1) is 13.2 Å². The number of rotatable bonds is 14. The number of carbonyl (C=O) groups is 4. The second-order valence-corrected chi connectivity index (χ2v) is 20.1. The molecule has 8 aliphatic carbocycles. The molecule has 1 aliphatic heterocycles. The van der Waals surface area contributed by atoms with Crippen molar-refractivity contribution in [3.8, 4) is 5.75 Å². The van der Waals surface area contributed by atoms with E-state index in [1.54, 1.807) is 9.80 Å². The minimum absolute atomic E-state index is 0.0859. The number of pyridine rings is 1. The highest BCUT2D eigenvalue weighted by Gasteiger charge is 2.73. The van der Waals surface area contributed by atoms with E-state index in [1.165, 1.54) is 18.2 Å². The van der Waals surface area contributed by atoms with Crippen molar-refractivity contribution in [3.05, 3.63) is 71.4 Å². The molecule has 9 fully saturated rings. The van der Waals surface area contributed by atoms with Crippen LogP contribution < -0.4 is 20.7 Å². The van der Waals surface area contributed by atoms with E-state index in [4.69, 9.17) is 9.47 Å². The fraction of sp³-hybridized carbons (Fsp3) is 0.587. The normalized spacial score (nSPS) is 30.5. The lowest BCUT2D eigenvalue weighted by Crippen LogP contribution is -2.84. The molecule has 2 heterocycles. The van der Waals surface area contributed by atoms with Gasteiger partial charge in [0.15, 0.2) is 6.61 Å². The third-order valence-electron chi connectivity index (χ3n) is 14.6. The van der Waals surface area contributed by atoms with Gasteiger partial charge in [-0.2, -0.15) is 39.5 Å². The summed E-state index contributed by atoms with van der Waals surface area (Å²) >= 11 is 0. The molecule has 71 heavy (non-hydrogen) atoms. The van der Waals surface area contributed by atoms with Gasteiger partial charge in [0.05, 0.1) is 34.4 Å². The number of hydrogen-bond donors (Lipinski definition) is 3. The summed E-state index contributed by atoms with van der Waals surface area (Å²) in [6, 6.07) is 9.52. The molecule has 0 spiro atoms. The van der Waals surface area contributed by atoms with Gasteiger partial charge in [-0.25, -0.2) is 9.78 Å². The highest BCUT2D eigenvalue weighted by Crippen LogP contribution is 2.64. The monoisotopic (exact) mass is 1020 g/mol. The molecule has 8 saturated carbocycles. The van der Waals surface area contributed by atoms with Gasteiger partial charge in [-0.3, -0.25) is 19.1 Å². The first-order valence-electron chi connectivity index (χ1n) is 22.7. The number of benzene rings is 2. The number of aromatic nitrogens is 1. The maximum atomic E-state index is 12.9. The SMILES string of the molecule is O=C(COC1CC(CC(F)(F)F)C1)NC12CC(NC(=O)c3ccc4cc(C(F)(F)F)ccc4n3)(C1)C2.O=C(COc1ccc(C(F)(F)F)cc1)NC12CC(N3CCN(C4CC(OC(F)(F)F)C4)C3=O)(C1)C2. The number of fused-ring (bicyclic) bond motifs is 1. The lowest BCUT2D eigenvalue weighted by Gasteiger charge is -2.72. The van der Waals surface area contributed by atoms with E-state index in [-0.39, 0.29) is 78.0 Å². The van der Waals surface area contributed by atoms with Crippen LogP contribution in [0.1, 0.15) is 92.2 Å². The maximum absolute atomic E-state index is 12.9. The summed E-state index contributed by atoms with van der Waals surface area (Å²) in [7, 11) is 0. The highest BCUT2D eigenvalue weighted by atomic mass is 19.4. The van der Waals surface area contributed by atoms with Crippen molar-refractivity contribution in [1.29, 1.82) is 0 Å². The molecule has 3 N–H and O–H groups in total.